The maximum Gasteiger partial charge on any atom is 0.322 e. The van der Waals surface area contributed by atoms with E-state index in [1.807, 2.05) is 43.3 Å². The van der Waals surface area contributed by atoms with Gasteiger partial charge in [0.15, 0.2) is 0 Å². The number of ether oxygens (including phenoxy) is 1. The predicted octanol–water partition coefficient (Wildman–Crippen LogP) is 5.94. The van der Waals surface area contributed by atoms with Crippen LogP contribution in [0.5, 0.6) is 5.75 Å². The molecular weight excluding hydrogens is 440 g/mol. The molecule has 3 aromatic rings. The highest BCUT2D eigenvalue weighted by Gasteiger charge is 2.35. The van der Waals surface area contributed by atoms with E-state index >= 15 is 0 Å². The summed E-state index contributed by atoms with van der Waals surface area (Å²) < 4.78 is 11.1. The fraction of sp³-hybridized carbons (Fsp3) is 0.320. The maximum atomic E-state index is 13.1. The fourth-order valence-electron chi connectivity index (χ4n) is 3.84. The minimum Gasteiger partial charge on any atom is -0.497 e. The molecule has 1 aliphatic rings. The predicted molar refractivity (Wildman–Crippen MR) is 128 cm³/mol. The molecule has 0 aliphatic carbocycles. The van der Waals surface area contributed by atoms with E-state index in [0.717, 1.165) is 28.8 Å². The Labute approximate surface area is 198 Å². The Hall–Kier alpha value is -3.32. The Morgan fingerprint density at radius 2 is 1.97 bits per heavy atom. The molecule has 1 atom stereocenters. The number of allylic oxidation sites excluding steroid dienone is 1. The number of benzene rings is 2. The summed E-state index contributed by atoms with van der Waals surface area (Å²) >= 11 is 6.01. The van der Waals surface area contributed by atoms with Crippen LogP contribution in [0.25, 0.3) is 17.0 Å². The monoisotopic (exact) mass is 466 g/mol. The van der Waals surface area contributed by atoms with Gasteiger partial charge in [-0.1, -0.05) is 42.7 Å². The molecule has 1 unspecified atom stereocenters. The van der Waals surface area contributed by atoms with Gasteiger partial charge in [0.1, 0.15) is 5.75 Å². The van der Waals surface area contributed by atoms with E-state index in [9.17, 15) is 4.79 Å². The van der Waals surface area contributed by atoms with Crippen LogP contribution in [-0.2, 0) is 0 Å². The Bertz CT molecular complexity index is 1170. The number of nitrogens with one attached hydrogen (secondary N) is 1. The molecule has 8 heteroatoms. The highest BCUT2D eigenvalue weighted by molar-refractivity contribution is 6.30. The summed E-state index contributed by atoms with van der Waals surface area (Å²) in [5.74, 6) is 1.98. The van der Waals surface area contributed by atoms with E-state index < -0.39 is 6.04 Å². The number of methoxy groups -OCH3 is 1. The van der Waals surface area contributed by atoms with Crippen molar-refractivity contribution in [2.45, 2.75) is 33.2 Å². The number of aromatic nitrogens is 2. The molecule has 172 valence electrons. The van der Waals surface area contributed by atoms with Crippen molar-refractivity contribution in [1.82, 2.24) is 20.4 Å². The van der Waals surface area contributed by atoms with Gasteiger partial charge < -0.3 is 14.6 Å². The Kier molecular flexibility index (Phi) is 6.70. The number of halogens is 1. The molecule has 2 amide bonds. The Balaban J connectivity index is 1.79. The van der Waals surface area contributed by atoms with E-state index in [2.05, 4.69) is 29.3 Å². The number of hydrogen-bond donors (Lipinski definition) is 1. The van der Waals surface area contributed by atoms with E-state index in [1.165, 1.54) is 0 Å². The largest absolute Gasteiger partial charge is 0.497 e. The fourth-order valence-corrected chi connectivity index (χ4v) is 3.96. The van der Waals surface area contributed by atoms with E-state index in [0.29, 0.717) is 34.9 Å². The lowest BCUT2D eigenvalue weighted by Crippen LogP contribution is -2.46. The van der Waals surface area contributed by atoms with Crippen molar-refractivity contribution in [3.05, 3.63) is 70.7 Å². The van der Waals surface area contributed by atoms with Crippen LogP contribution < -0.4 is 10.1 Å². The molecule has 2 aromatic carbocycles. The van der Waals surface area contributed by atoms with Crippen molar-refractivity contribution in [3.63, 3.8) is 0 Å². The average molecular weight is 467 g/mol. The lowest BCUT2D eigenvalue weighted by molar-refractivity contribution is 0.202. The minimum absolute atomic E-state index is 0.151. The molecule has 0 fully saturated rings. The second-order valence-corrected chi connectivity index (χ2v) is 8.86. The van der Waals surface area contributed by atoms with Crippen LogP contribution in [0.2, 0.25) is 5.02 Å². The molecule has 0 bridgehead atoms. The SMILES string of the molecule is COc1cccc(C2NC(=O)N(CCC(C)C)C(C)=C2c2nc(-c3ccc(Cl)cc3)no2)c1. The van der Waals surface area contributed by atoms with Crippen molar-refractivity contribution < 1.29 is 14.1 Å². The molecule has 1 N–H and O–H groups in total. The van der Waals surface area contributed by atoms with Crippen molar-refractivity contribution >= 4 is 23.2 Å². The van der Waals surface area contributed by atoms with Crippen molar-refractivity contribution in [2.75, 3.05) is 13.7 Å². The maximum absolute atomic E-state index is 13.1. The number of hydrogen-bond acceptors (Lipinski definition) is 5. The number of carbonyl (C=O) groups excluding carboxylic acids is 1. The first-order valence-corrected chi connectivity index (χ1v) is 11.3. The Morgan fingerprint density at radius 3 is 2.67 bits per heavy atom. The smallest absolute Gasteiger partial charge is 0.322 e. The molecule has 7 nitrogen and oxygen atoms in total. The molecule has 1 aromatic heterocycles. The third kappa shape index (κ3) is 4.88. The number of carbonyl (C=O) groups is 1. The molecule has 0 saturated carbocycles. The molecule has 0 saturated heterocycles. The van der Waals surface area contributed by atoms with E-state index in [-0.39, 0.29) is 6.03 Å². The van der Waals surface area contributed by atoms with Crippen LogP contribution in [0.15, 0.2) is 58.8 Å². The minimum atomic E-state index is -0.457. The van der Waals surface area contributed by atoms with Gasteiger partial charge in [0.2, 0.25) is 5.82 Å². The van der Waals surface area contributed by atoms with Crippen LogP contribution in [0.4, 0.5) is 4.79 Å². The summed E-state index contributed by atoms with van der Waals surface area (Å²) in [6, 6.07) is 14.2. The molecule has 2 heterocycles. The first-order valence-electron chi connectivity index (χ1n) is 10.9. The normalized spacial score (nSPS) is 16.4. The summed E-state index contributed by atoms with van der Waals surface area (Å²) in [6.07, 6.45) is 0.877. The zero-order valence-electron chi connectivity index (χ0n) is 19.1. The van der Waals surface area contributed by atoms with Crippen molar-refractivity contribution in [1.29, 1.82) is 0 Å². The molecule has 0 radical (unpaired) electrons. The van der Waals surface area contributed by atoms with Gasteiger partial charge in [-0.2, -0.15) is 4.98 Å². The van der Waals surface area contributed by atoms with Gasteiger partial charge in [-0.15, -0.1) is 0 Å². The topological polar surface area (TPSA) is 80.5 Å². The third-order valence-corrected chi connectivity index (χ3v) is 5.96. The van der Waals surface area contributed by atoms with Crippen molar-refractivity contribution in [3.8, 4) is 17.1 Å². The quantitative estimate of drug-likeness (QED) is 0.466. The van der Waals surface area contributed by atoms with Gasteiger partial charge in [0.05, 0.1) is 18.7 Å². The summed E-state index contributed by atoms with van der Waals surface area (Å²) in [5, 5.41) is 7.94. The lowest BCUT2D eigenvalue weighted by Gasteiger charge is -2.35. The second-order valence-electron chi connectivity index (χ2n) is 8.42. The average Bonchev–Trinajstić information content (AvgIpc) is 3.28. The van der Waals surface area contributed by atoms with Gasteiger partial charge in [-0.25, -0.2) is 4.79 Å². The van der Waals surface area contributed by atoms with Crippen LogP contribution in [0.3, 0.4) is 0 Å². The zero-order valence-corrected chi connectivity index (χ0v) is 19.9. The highest BCUT2D eigenvalue weighted by atomic mass is 35.5. The summed E-state index contributed by atoms with van der Waals surface area (Å²) in [4.78, 5) is 19.5. The number of amides is 2. The summed E-state index contributed by atoms with van der Waals surface area (Å²) in [6.45, 7) is 6.80. The van der Waals surface area contributed by atoms with Crippen LogP contribution in [0, 0.1) is 5.92 Å². The molecule has 1 aliphatic heterocycles. The molecule has 33 heavy (non-hydrogen) atoms. The second kappa shape index (κ2) is 9.67. The van der Waals surface area contributed by atoms with Crippen molar-refractivity contribution in [2.24, 2.45) is 5.92 Å². The van der Waals surface area contributed by atoms with Crippen LogP contribution in [0.1, 0.15) is 44.7 Å². The first-order chi connectivity index (χ1) is 15.9. The van der Waals surface area contributed by atoms with Gasteiger partial charge in [-0.05, 0) is 61.2 Å². The highest BCUT2D eigenvalue weighted by Crippen LogP contribution is 2.38. The standard InChI is InChI=1S/C25H27ClN4O3/c1-15(2)12-13-30-16(3)21(22(27-25(30)31)18-6-5-7-20(14-18)32-4)24-28-23(29-33-24)17-8-10-19(26)11-9-17/h5-11,14-15,22H,12-13H2,1-4H3,(H,27,31). The first kappa shape index (κ1) is 22.9. The van der Waals surface area contributed by atoms with E-state index in [1.54, 1.807) is 24.1 Å². The molecule has 0 spiro atoms. The van der Waals surface area contributed by atoms with Gasteiger partial charge in [-0.3, -0.25) is 4.90 Å². The lowest BCUT2D eigenvalue weighted by atomic mass is 9.94. The number of urea groups is 1. The zero-order chi connectivity index (χ0) is 23.5. The van der Waals surface area contributed by atoms with Gasteiger partial charge >= 0.3 is 6.03 Å². The van der Waals surface area contributed by atoms with Crippen LogP contribution in [-0.4, -0.2) is 34.7 Å². The van der Waals surface area contributed by atoms with Gasteiger partial charge in [0.25, 0.3) is 5.89 Å². The molecular formula is C25H27ClN4O3. The summed E-state index contributed by atoms with van der Waals surface area (Å²) in [5.41, 5.74) is 3.21. The van der Waals surface area contributed by atoms with E-state index in [4.69, 9.17) is 20.9 Å². The van der Waals surface area contributed by atoms with Gasteiger partial charge in [0, 0.05) is 22.8 Å². The third-order valence-electron chi connectivity index (χ3n) is 5.71. The number of rotatable bonds is 7. The van der Waals surface area contributed by atoms with Crippen LogP contribution >= 0.6 is 11.6 Å². The summed E-state index contributed by atoms with van der Waals surface area (Å²) in [7, 11) is 1.62. The Morgan fingerprint density at radius 1 is 1.21 bits per heavy atom. The molecule has 4 rings (SSSR count). The number of nitrogens with zero attached hydrogens (tertiary/aromatic N) is 3.